The zero-order valence-corrected chi connectivity index (χ0v) is 26.9. The number of rotatable bonds is 30. The van der Waals surface area contributed by atoms with Crippen LogP contribution in [-0.2, 0) is 4.79 Å². The number of amides is 1. The Hall–Kier alpha value is -0.790. The lowest BCUT2D eigenvalue weighted by atomic mass is 9.97. The van der Waals surface area contributed by atoms with Gasteiger partial charge in [0.1, 0.15) is 0 Å². The molecule has 0 radical (unpaired) electrons. The van der Waals surface area contributed by atoms with E-state index in [1.165, 1.54) is 154 Å². The number of allylic oxidation sites excluding steroid dienone is 2. The van der Waals surface area contributed by atoms with Gasteiger partial charge in [-0.1, -0.05) is 154 Å². The molecule has 0 saturated carbocycles. The maximum Gasteiger partial charge on any atom is 0.222 e. The topological polar surface area (TPSA) is 20.3 Å². The highest BCUT2D eigenvalue weighted by atomic mass is 16.2. The van der Waals surface area contributed by atoms with Crippen molar-refractivity contribution in [1.82, 2.24) is 4.90 Å². The average molecular weight is 534 g/mol. The third-order valence-electron chi connectivity index (χ3n) is 8.25. The Kier molecular flexibility index (Phi) is 30.1. The van der Waals surface area contributed by atoms with Crippen molar-refractivity contribution in [3.8, 4) is 0 Å². The summed E-state index contributed by atoms with van der Waals surface area (Å²) in [6, 6.07) is 0. The van der Waals surface area contributed by atoms with E-state index < -0.39 is 0 Å². The Balaban J connectivity index is 4.04. The number of hydrogen-bond acceptors (Lipinski definition) is 1. The van der Waals surface area contributed by atoms with Gasteiger partial charge in [0.2, 0.25) is 5.91 Å². The third-order valence-corrected chi connectivity index (χ3v) is 8.25. The normalized spacial score (nSPS) is 11.2. The maximum absolute atomic E-state index is 12.0. The van der Waals surface area contributed by atoms with Gasteiger partial charge in [0, 0.05) is 20.0 Å². The molecule has 0 aliphatic carbocycles. The molecule has 0 aromatic heterocycles. The smallest absolute Gasteiger partial charge is 0.222 e. The first-order valence-electron chi connectivity index (χ1n) is 17.6. The molecule has 0 fully saturated rings. The SMILES string of the molecule is CCCCCCCCCCC(=CCCCCCCCCN(C)C(=O)CCCC)CCCCCCCCCC. The lowest BCUT2D eigenvalue weighted by molar-refractivity contribution is -0.130. The average Bonchev–Trinajstić information content (AvgIpc) is 2.92. The molecule has 0 aromatic rings. The zero-order chi connectivity index (χ0) is 27.9. The number of carbonyl (C=O) groups is 1. The fourth-order valence-corrected chi connectivity index (χ4v) is 5.45. The van der Waals surface area contributed by atoms with Crippen molar-refractivity contribution in [2.45, 2.75) is 201 Å². The zero-order valence-electron chi connectivity index (χ0n) is 26.9. The first-order chi connectivity index (χ1) is 18.7. The minimum atomic E-state index is 0.327. The largest absolute Gasteiger partial charge is 0.346 e. The molecule has 0 aromatic carbocycles. The monoisotopic (exact) mass is 534 g/mol. The van der Waals surface area contributed by atoms with E-state index in [4.69, 9.17) is 0 Å². The van der Waals surface area contributed by atoms with Gasteiger partial charge in [0.25, 0.3) is 0 Å². The van der Waals surface area contributed by atoms with E-state index in [2.05, 4.69) is 26.8 Å². The number of nitrogens with zero attached hydrogens (tertiary/aromatic N) is 1. The highest BCUT2D eigenvalue weighted by molar-refractivity contribution is 5.75. The lowest BCUT2D eigenvalue weighted by Gasteiger charge is -2.16. The summed E-state index contributed by atoms with van der Waals surface area (Å²) in [5, 5.41) is 0. The molecule has 0 atom stereocenters. The van der Waals surface area contributed by atoms with Gasteiger partial charge in [-0.2, -0.15) is 0 Å². The van der Waals surface area contributed by atoms with Crippen molar-refractivity contribution in [3.63, 3.8) is 0 Å². The molecule has 226 valence electrons. The predicted molar refractivity (Wildman–Crippen MR) is 172 cm³/mol. The molecule has 0 rings (SSSR count). The van der Waals surface area contributed by atoms with Gasteiger partial charge in [0.15, 0.2) is 0 Å². The van der Waals surface area contributed by atoms with E-state index in [-0.39, 0.29) is 0 Å². The van der Waals surface area contributed by atoms with Crippen LogP contribution in [0, 0.1) is 0 Å². The van der Waals surface area contributed by atoms with E-state index in [0.717, 1.165) is 32.2 Å². The van der Waals surface area contributed by atoms with Crippen LogP contribution in [0.3, 0.4) is 0 Å². The van der Waals surface area contributed by atoms with Crippen LogP contribution in [0.15, 0.2) is 11.6 Å². The highest BCUT2D eigenvalue weighted by Crippen LogP contribution is 2.20. The fourth-order valence-electron chi connectivity index (χ4n) is 5.45. The third kappa shape index (κ3) is 26.8. The summed E-state index contributed by atoms with van der Waals surface area (Å²) in [4.78, 5) is 14.0. The molecule has 2 nitrogen and oxygen atoms in total. The molecule has 1 amide bonds. The summed E-state index contributed by atoms with van der Waals surface area (Å²) in [7, 11) is 1.98. The standard InChI is InChI=1S/C36H71NO/c1-5-8-11-13-15-18-22-26-30-35(31-27-23-19-16-14-12-9-6-2)32-28-24-20-17-21-25-29-34-37(4)36(38)33-10-7-3/h32H,5-31,33-34H2,1-4H3. The lowest BCUT2D eigenvalue weighted by Crippen LogP contribution is -2.27. The van der Waals surface area contributed by atoms with Crippen LogP contribution in [-0.4, -0.2) is 24.4 Å². The van der Waals surface area contributed by atoms with Crippen LogP contribution in [0.1, 0.15) is 201 Å². The summed E-state index contributed by atoms with van der Waals surface area (Å²) >= 11 is 0. The minimum Gasteiger partial charge on any atom is -0.346 e. The Labute approximate surface area is 241 Å². The summed E-state index contributed by atoms with van der Waals surface area (Å²) in [6.07, 6.45) is 40.1. The van der Waals surface area contributed by atoms with Crippen molar-refractivity contribution in [3.05, 3.63) is 11.6 Å². The fraction of sp³-hybridized carbons (Fsp3) is 0.917. The Bertz CT molecular complexity index is 489. The molecule has 0 aliphatic rings. The summed E-state index contributed by atoms with van der Waals surface area (Å²) in [5.41, 5.74) is 1.78. The van der Waals surface area contributed by atoms with E-state index in [0.29, 0.717) is 5.91 Å². The van der Waals surface area contributed by atoms with Crippen LogP contribution in [0.4, 0.5) is 0 Å². The van der Waals surface area contributed by atoms with Gasteiger partial charge in [-0.05, 0) is 51.4 Å². The number of unbranched alkanes of at least 4 members (excludes halogenated alkanes) is 21. The summed E-state index contributed by atoms with van der Waals surface area (Å²) < 4.78 is 0. The van der Waals surface area contributed by atoms with E-state index in [9.17, 15) is 4.79 Å². The first-order valence-corrected chi connectivity index (χ1v) is 17.6. The van der Waals surface area contributed by atoms with Crippen LogP contribution in [0.5, 0.6) is 0 Å². The molecule has 0 spiro atoms. The highest BCUT2D eigenvalue weighted by Gasteiger charge is 2.07. The molecule has 38 heavy (non-hydrogen) atoms. The van der Waals surface area contributed by atoms with Crippen molar-refractivity contribution >= 4 is 5.91 Å². The van der Waals surface area contributed by atoms with Gasteiger partial charge in [-0.3, -0.25) is 4.79 Å². The van der Waals surface area contributed by atoms with Gasteiger partial charge in [0.05, 0.1) is 0 Å². The van der Waals surface area contributed by atoms with Gasteiger partial charge < -0.3 is 4.90 Å². The van der Waals surface area contributed by atoms with Crippen LogP contribution >= 0.6 is 0 Å². The maximum atomic E-state index is 12.0. The molecule has 0 aliphatic heterocycles. The molecule has 2 heteroatoms. The quantitative estimate of drug-likeness (QED) is 0.0664. The second kappa shape index (κ2) is 30.7. The second-order valence-electron chi connectivity index (χ2n) is 12.1. The van der Waals surface area contributed by atoms with Crippen LogP contribution in [0.2, 0.25) is 0 Å². The molecule has 0 unspecified atom stereocenters. The molecule has 0 bridgehead atoms. The Morgan fingerprint density at radius 1 is 0.474 bits per heavy atom. The summed E-state index contributed by atoms with van der Waals surface area (Å²) in [5.74, 6) is 0.327. The van der Waals surface area contributed by atoms with E-state index in [1.54, 1.807) is 5.57 Å². The summed E-state index contributed by atoms with van der Waals surface area (Å²) in [6.45, 7) is 7.70. The predicted octanol–water partition coefficient (Wildman–Crippen LogP) is 12.4. The number of carbonyl (C=O) groups excluding carboxylic acids is 1. The van der Waals surface area contributed by atoms with Crippen molar-refractivity contribution in [2.75, 3.05) is 13.6 Å². The minimum absolute atomic E-state index is 0.327. The van der Waals surface area contributed by atoms with Crippen LogP contribution < -0.4 is 0 Å². The van der Waals surface area contributed by atoms with Gasteiger partial charge in [-0.25, -0.2) is 0 Å². The van der Waals surface area contributed by atoms with Crippen LogP contribution in [0.25, 0.3) is 0 Å². The van der Waals surface area contributed by atoms with Crippen molar-refractivity contribution in [1.29, 1.82) is 0 Å². The molecular weight excluding hydrogens is 462 g/mol. The van der Waals surface area contributed by atoms with E-state index >= 15 is 0 Å². The van der Waals surface area contributed by atoms with Gasteiger partial charge >= 0.3 is 0 Å². The number of hydrogen-bond donors (Lipinski definition) is 0. The van der Waals surface area contributed by atoms with E-state index in [1.807, 2.05) is 11.9 Å². The van der Waals surface area contributed by atoms with Crippen molar-refractivity contribution < 1.29 is 4.79 Å². The molecule has 0 saturated heterocycles. The van der Waals surface area contributed by atoms with Crippen molar-refractivity contribution in [2.24, 2.45) is 0 Å². The second-order valence-corrected chi connectivity index (χ2v) is 12.1. The Morgan fingerprint density at radius 3 is 1.34 bits per heavy atom. The molecular formula is C36H71NO. The molecule has 0 heterocycles. The first kappa shape index (κ1) is 37.2. The molecule has 0 N–H and O–H groups in total. The van der Waals surface area contributed by atoms with Gasteiger partial charge in [-0.15, -0.1) is 0 Å². The Morgan fingerprint density at radius 2 is 0.868 bits per heavy atom.